The fourth-order valence-corrected chi connectivity index (χ4v) is 2.91. The van der Waals surface area contributed by atoms with Crippen LogP contribution in [0, 0.1) is 0 Å². The molecule has 1 aromatic rings. The Balaban J connectivity index is 2.33. The molecule has 0 N–H and O–H groups in total. The number of amides is 2. The molecular weight excluding hydrogens is 312 g/mol. The molecule has 1 aliphatic rings. The zero-order chi connectivity index (χ0) is 17.0. The number of para-hydroxylation sites is 1. The van der Waals surface area contributed by atoms with E-state index < -0.39 is 0 Å². The van der Waals surface area contributed by atoms with E-state index in [-0.39, 0.29) is 17.7 Å². The maximum atomic E-state index is 12.3. The molecule has 2 rings (SSSR count). The molecule has 1 saturated heterocycles. The van der Waals surface area contributed by atoms with E-state index in [4.69, 9.17) is 0 Å². The van der Waals surface area contributed by atoms with E-state index in [9.17, 15) is 9.59 Å². The van der Waals surface area contributed by atoms with Crippen molar-refractivity contribution in [3.8, 4) is 0 Å². The standard InChI is InChI=1S/C16H20N4O2S/c1-11(2)12-7-5-6-8-13(12)20-15(22)10-23-16(20)18-17-9-14(21)19(3)4/h5-9,11H,10H2,1-4H3/b17-9+,18-16-. The number of nitrogens with zero attached hydrogens (tertiary/aromatic N) is 4. The lowest BCUT2D eigenvalue weighted by atomic mass is 10.0. The van der Waals surface area contributed by atoms with Crippen LogP contribution in [0.15, 0.2) is 34.5 Å². The highest BCUT2D eigenvalue weighted by Crippen LogP contribution is 2.33. The lowest BCUT2D eigenvalue weighted by Gasteiger charge is -2.20. The average Bonchev–Trinajstić information content (AvgIpc) is 2.87. The highest BCUT2D eigenvalue weighted by atomic mass is 32.2. The van der Waals surface area contributed by atoms with Gasteiger partial charge in [0, 0.05) is 14.1 Å². The number of carbonyl (C=O) groups excluding carboxylic acids is 2. The smallest absolute Gasteiger partial charge is 0.266 e. The molecule has 1 fully saturated rings. The molecule has 6 nitrogen and oxygen atoms in total. The largest absolute Gasteiger partial charge is 0.344 e. The lowest BCUT2D eigenvalue weighted by Crippen LogP contribution is -2.30. The van der Waals surface area contributed by atoms with Crippen LogP contribution in [0.3, 0.4) is 0 Å². The van der Waals surface area contributed by atoms with E-state index in [2.05, 4.69) is 24.1 Å². The van der Waals surface area contributed by atoms with Gasteiger partial charge in [0.25, 0.3) is 5.91 Å². The van der Waals surface area contributed by atoms with E-state index in [1.165, 1.54) is 16.7 Å². The Bertz CT molecular complexity index is 668. The third-order valence-electron chi connectivity index (χ3n) is 3.32. The molecule has 0 unspecified atom stereocenters. The molecule has 23 heavy (non-hydrogen) atoms. The summed E-state index contributed by atoms with van der Waals surface area (Å²) in [6.45, 7) is 4.16. The lowest BCUT2D eigenvalue weighted by molar-refractivity contribution is -0.121. The van der Waals surface area contributed by atoms with Gasteiger partial charge in [-0.15, -0.1) is 5.10 Å². The highest BCUT2D eigenvalue weighted by Gasteiger charge is 2.31. The first-order chi connectivity index (χ1) is 10.9. The van der Waals surface area contributed by atoms with Gasteiger partial charge in [0.15, 0.2) is 5.17 Å². The molecule has 0 aliphatic carbocycles. The van der Waals surface area contributed by atoms with Gasteiger partial charge in [-0.3, -0.25) is 14.5 Å². The van der Waals surface area contributed by atoms with E-state index >= 15 is 0 Å². The summed E-state index contributed by atoms with van der Waals surface area (Å²) in [5, 5.41) is 8.37. The Morgan fingerprint density at radius 1 is 1.35 bits per heavy atom. The van der Waals surface area contributed by atoms with E-state index in [1.54, 1.807) is 19.0 Å². The Hall–Kier alpha value is -2.15. The average molecular weight is 332 g/mol. The molecule has 7 heteroatoms. The normalized spacial score (nSPS) is 16.8. The number of amidine groups is 1. The summed E-state index contributed by atoms with van der Waals surface area (Å²) in [5.74, 6) is 0.320. The number of anilines is 1. The van der Waals surface area contributed by atoms with Gasteiger partial charge < -0.3 is 4.90 Å². The van der Waals surface area contributed by atoms with Crippen LogP contribution in [0.4, 0.5) is 5.69 Å². The Morgan fingerprint density at radius 3 is 2.70 bits per heavy atom. The fourth-order valence-electron chi connectivity index (χ4n) is 2.10. The molecule has 122 valence electrons. The molecule has 0 aromatic heterocycles. The Kier molecular flexibility index (Phi) is 5.54. The van der Waals surface area contributed by atoms with Crippen LogP contribution in [-0.2, 0) is 9.59 Å². The van der Waals surface area contributed by atoms with Crippen molar-refractivity contribution in [2.75, 3.05) is 24.7 Å². The fraction of sp³-hybridized carbons (Fsp3) is 0.375. The summed E-state index contributed by atoms with van der Waals surface area (Å²) >= 11 is 1.32. The van der Waals surface area contributed by atoms with E-state index in [0.717, 1.165) is 17.5 Å². The predicted molar refractivity (Wildman–Crippen MR) is 95.1 cm³/mol. The topological polar surface area (TPSA) is 65.3 Å². The zero-order valence-corrected chi connectivity index (χ0v) is 14.5. The number of benzene rings is 1. The summed E-state index contributed by atoms with van der Waals surface area (Å²) in [6.07, 6.45) is 1.14. The van der Waals surface area contributed by atoms with Gasteiger partial charge in [0.1, 0.15) is 6.21 Å². The summed E-state index contributed by atoms with van der Waals surface area (Å²) in [6, 6.07) is 7.77. The molecule has 0 bridgehead atoms. The van der Waals surface area contributed by atoms with Crippen LogP contribution in [0.5, 0.6) is 0 Å². The van der Waals surface area contributed by atoms with Gasteiger partial charge >= 0.3 is 0 Å². The van der Waals surface area contributed by atoms with Crippen LogP contribution in [0.25, 0.3) is 0 Å². The molecule has 0 spiro atoms. The second-order valence-corrected chi connectivity index (χ2v) is 6.53. The molecule has 1 heterocycles. The Labute approximate surface area is 140 Å². The van der Waals surface area contributed by atoms with E-state index in [0.29, 0.717) is 10.9 Å². The summed E-state index contributed by atoms with van der Waals surface area (Å²) in [7, 11) is 3.28. The van der Waals surface area contributed by atoms with Gasteiger partial charge in [0.2, 0.25) is 5.91 Å². The van der Waals surface area contributed by atoms with Crippen molar-refractivity contribution in [1.82, 2.24) is 4.90 Å². The van der Waals surface area contributed by atoms with Crippen molar-refractivity contribution in [2.24, 2.45) is 10.2 Å². The summed E-state index contributed by atoms with van der Waals surface area (Å²) < 4.78 is 0. The highest BCUT2D eigenvalue weighted by molar-refractivity contribution is 8.15. The summed E-state index contributed by atoms with van der Waals surface area (Å²) in [5.41, 5.74) is 1.90. The van der Waals surface area contributed by atoms with Crippen LogP contribution >= 0.6 is 11.8 Å². The van der Waals surface area contributed by atoms with Gasteiger partial charge in [-0.25, -0.2) is 0 Å². The van der Waals surface area contributed by atoms with Crippen molar-refractivity contribution in [3.05, 3.63) is 29.8 Å². The number of thioether (sulfide) groups is 1. The second kappa shape index (κ2) is 7.41. The van der Waals surface area contributed by atoms with Crippen LogP contribution in [0.1, 0.15) is 25.3 Å². The molecule has 0 saturated carbocycles. The van der Waals surface area contributed by atoms with Crippen LogP contribution < -0.4 is 4.90 Å². The van der Waals surface area contributed by atoms with Gasteiger partial charge in [-0.2, -0.15) is 5.10 Å². The van der Waals surface area contributed by atoms with Gasteiger partial charge in [0.05, 0.1) is 11.4 Å². The maximum absolute atomic E-state index is 12.3. The number of hydrogen-bond donors (Lipinski definition) is 0. The third kappa shape index (κ3) is 3.98. The first-order valence-electron chi connectivity index (χ1n) is 7.28. The molecule has 2 amide bonds. The second-order valence-electron chi connectivity index (χ2n) is 5.59. The predicted octanol–water partition coefficient (Wildman–Crippen LogP) is 2.32. The number of hydrogen-bond acceptors (Lipinski definition) is 5. The molecule has 0 atom stereocenters. The van der Waals surface area contributed by atoms with Crippen molar-refractivity contribution in [2.45, 2.75) is 19.8 Å². The van der Waals surface area contributed by atoms with Crippen LogP contribution in [-0.4, -0.2) is 47.9 Å². The minimum absolute atomic E-state index is 0.0315. The van der Waals surface area contributed by atoms with Crippen molar-refractivity contribution in [1.29, 1.82) is 0 Å². The van der Waals surface area contributed by atoms with Crippen LogP contribution in [0.2, 0.25) is 0 Å². The van der Waals surface area contributed by atoms with Crippen molar-refractivity contribution < 1.29 is 9.59 Å². The first kappa shape index (κ1) is 17.2. The molecule has 0 radical (unpaired) electrons. The third-order valence-corrected chi connectivity index (χ3v) is 4.23. The quantitative estimate of drug-likeness (QED) is 0.628. The molecule has 1 aliphatic heterocycles. The maximum Gasteiger partial charge on any atom is 0.266 e. The number of rotatable bonds is 4. The van der Waals surface area contributed by atoms with Gasteiger partial charge in [-0.1, -0.05) is 43.8 Å². The first-order valence-corrected chi connectivity index (χ1v) is 8.27. The van der Waals surface area contributed by atoms with Crippen molar-refractivity contribution >= 4 is 40.6 Å². The van der Waals surface area contributed by atoms with Gasteiger partial charge in [-0.05, 0) is 17.5 Å². The Morgan fingerprint density at radius 2 is 2.04 bits per heavy atom. The van der Waals surface area contributed by atoms with Crippen molar-refractivity contribution in [3.63, 3.8) is 0 Å². The minimum Gasteiger partial charge on any atom is -0.344 e. The molecule has 1 aromatic carbocycles. The minimum atomic E-state index is -0.252. The monoisotopic (exact) mass is 332 g/mol. The number of carbonyl (C=O) groups is 2. The summed E-state index contributed by atoms with van der Waals surface area (Å²) in [4.78, 5) is 26.7. The van der Waals surface area contributed by atoms with E-state index in [1.807, 2.05) is 24.3 Å². The molecular formula is C16H20N4O2S. The SMILES string of the molecule is CC(C)c1ccccc1N1C(=O)CS/C1=N\N=C\C(=O)N(C)C. The zero-order valence-electron chi connectivity index (χ0n) is 13.7.